The van der Waals surface area contributed by atoms with Gasteiger partial charge in [-0.3, -0.25) is 9.59 Å². The van der Waals surface area contributed by atoms with Crippen LogP contribution in [0, 0.1) is 5.92 Å². The number of carbonyl (C=O) groups excluding carboxylic acids is 4. The molecular weight excluding hydrogens is 903 g/mol. The molecule has 0 radical (unpaired) electrons. The van der Waals surface area contributed by atoms with E-state index in [0.29, 0.717) is 36.9 Å². The first-order valence-electron chi connectivity index (χ1n) is 20.8. The summed E-state index contributed by atoms with van der Waals surface area (Å²) in [7, 11) is 2.57. The highest BCUT2D eigenvalue weighted by Crippen LogP contribution is 2.44. The molecular formula is C46H47IN8O7. The summed E-state index contributed by atoms with van der Waals surface area (Å²) in [6.07, 6.45) is 2.76. The molecule has 3 aliphatic rings. The summed E-state index contributed by atoms with van der Waals surface area (Å²) in [5, 5.41) is 7.39. The number of hydrogen-bond donors (Lipinski definition) is 4. The van der Waals surface area contributed by atoms with Crippen molar-refractivity contribution >= 4 is 68.4 Å². The maximum absolute atomic E-state index is 14.1. The minimum Gasteiger partial charge on any atom is -0.488 e. The largest absolute Gasteiger partial charge is 0.488 e. The van der Waals surface area contributed by atoms with Crippen LogP contribution in [0.4, 0.5) is 9.59 Å². The Labute approximate surface area is 371 Å². The molecule has 0 aliphatic carbocycles. The van der Waals surface area contributed by atoms with Crippen molar-refractivity contribution < 1.29 is 33.4 Å². The third-order valence-corrected chi connectivity index (χ3v) is 13.1. The molecule has 4 N–H and O–H groups in total. The molecule has 5 heterocycles. The van der Waals surface area contributed by atoms with Crippen LogP contribution < -0.4 is 15.4 Å². The summed E-state index contributed by atoms with van der Waals surface area (Å²) >= 11 is 2.37. The van der Waals surface area contributed by atoms with Crippen LogP contribution in [0.5, 0.6) is 5.75 Å². The van der Waals surface area contributed by atoms with E-state index in [4.69, 9.17) is 24.2 Å². The fraction of sp³-hybridized carbons (Fsp3) is 0.348. The number of alkyl carbamates (subject to hydrolysis) is 2. The zero-order chi connectivity index (χ0) is 43.2. The van der Waals surface area contributed by atoms with Crippen LogP contribution in [0.25, 0.3) is 44.2 Å². The van der Waals surface area contributed by atoms with E-state index >= 15 is 0 Å². The molecule has 2 saturated heterocycles. The highest BCUT2D eigenvalue weighted by Gasteiger charge is 2.41. The van der Waals surface area contributed by atoms with Gasteiger partial charge in [0.15, 0.2) is 0 Å². The van der Waals surface area contributed by atoms with Crippen molar-refractivity contribution in [2.45, 2.75) is 67.8 Å². The van der Waals surface area contributed by atoms with Gasteiger partial charge in [0.05, 0.1) is 49.2 Å². The van der Waals surface area contributed by atoms with Gasteiger partial charge in [0.1, 0.15) is 36.1 Å². The number of benzene rings is 4. The number of aromatic nitrogens is 4. The number of amides is 4. The van der Waals surface area contributed by atoms with Crippen molar-refractivity contribution in [1.29, 1.82) is 0 Å². The molecule has 16 heteroatoms. The van der Waals surface area contributed by atoms with Gasteiger partial charge < -0.3 is 44.6 Å². The topological polar surface area (TPSA) is 184 Å². The number of methoxy groups -OCH3 is 2. The number of aromatic amines is 2. The normalized spacial score (nSPS) is 19.2. The first-order valence-corrected chi connectivity index (χ1v) is 22.0. The van der Waals surface area contributed by atoms with Gasteiger partial charge in [-0.1, -0.05) is 85.0 Å². The first-order chi connectivity index (χ1) is 30.0. The molecule has 0 saturated carbocycles. The van der Waals surface area contributed by atoms with Crippen LogP contribution in [-0.4, -0.2) is 91.0 Å². The molecule has 0 unspecified atom stereocenters. The Morgan fingerprint density at radius 3 is 2.44 bits per heavy atom. The molecule has 2 aromatic heterocycles. The van der Waals surface area contributed by atoms with Crippen molar-refractivity contribution in [3.8, 4) is 28.1 Å². The molecule has 6 aromatic rings. The number of ether oxygens (including phenoxy) is 3. The first kappa shape index (κ1) is 41.2. The number of nitrogens with one attached hydrogen (secondary N) is 4. The number of rotatable bonds is 9. The Morgan fingerprint density at radius 1 is 0.871 bits per heavy atom. The van der Waals surface area contributed by atoms with E-state index in [1.54, 1.807) is 4.90 Å². The molecule has 5 atom stereocenters. The van der Waals surface area contributed by atoms with Crippen LogP contribution in [0.1, 0.15) is 74.0 Å². The summed E-state index contributed by atoms with van der Waals surface area (Å²) in [6.45, 7) is 5.26. The predicted octanol–water partition coefficient (Wildman–Crippen LogP) is 7.88. The highest BCUT2D eigenvalue weighted by atomic mass is 127. The average Bonchev–Trinajstić information content (AvgIpc) is 4.12. The lowest BCUT2D eigenvalue weighted by atomic mass is 9.92. The third kappa shape index (κ3) is 7.68. The molecule has 3 aliphatic heterocycles. The van der Waals surface area contributed by atoms with Crippen molar-refractivity contribution in [3.63, 3.8) is 0 Å². The summed E-state index contributed by atoms with van der Waals surface area (Å²) in [5.41, 5.74) is 7.20. The van der Waals surface area contributed by atoms with Gasteiger partial charge in [-0.15, -0.1) is 0 Å². The lowest BCUT2D eigenvalue weighted by Crippen LogP contribution is -2.51. The molecule has 320 valence electrons. The zero-order valence-corrected chi connectivity index (χ0v) is 36.9. The van der Waals surface area contributed by atoms with Gasteiger partial charge in [0.2, 0.25) is 5.91 Å². The smallest absolute Gasteiger partial charge is 0.407 e. The van der Waals surface area contributed by atoms with Gasteiger partial charge in [0, 0.05) is 28.0 Å². The van der Waals surface area contributed by atoms with Gasteiger partial charge >= 0.3 is 12.2 Å². The molecule has 4 amide bonds. The summed E-state index contributed by atoms with van der Waals surface area (Å²) in [5.74, 6) is 1.64. The molecule has 4 aromatic carbocycles. The van der Waals surface area contributed by atoms with E-state index in [1.165, 1.54) is 14.2 Å². The molecule has 2 fully saturated rings. The second kappa shape index (κ2) is 16.9. The predicted molar refractivity (Wildman–Crippen MR) is 240 cm³/mol. The number of nitrogens with zero attached hydrogens (tertiary/aromatic N) is 4. The van der Waals surface area contributed by atoms with Gasteiger partial charge in [-0.2, -0.15) is 0 Å². The quantitative estimate of drug-likeness (QED) is 0.0827. The molecule has 0 spiro atoms. The van der Waals surface area contributed by atoms with E-state index in [0.717, 1.165) is 74.8 Å². The Balaban J connectivity index is 0.963. The minimum atomic E-state index is -0.903. The van der Waals surface area contributed by atoms with E-state index in [-0.39, 0.29) is 33.7 Å². The number of likely N-dealkylation sites (tertiary alicyclic amines) is 2. The number of halogens is 1. The van der Waals surface area contributed by atoms with Gasteiger partial charge in [-0.25, -0.2) is 19.6 Å². The molecule has 62 heavy (non-hydrogen) atoms. The van der Waals surface area contributed by atoms with Crippen molar-refractivity contribution in [3.05, 3.63) is 102 Å². The minimum absolute atomic E-state index is 0.131. The Kier molecular flexibility index (Phi) is 11.3. The number of fused-ring (bicyclic) bond motifs is 6. The van der Waals surface area contributed by atoms with Gasteiger partial charge in [0.25, 0.3) is 5.91 Å². The third-order valence-electron chi connectivity index (χ3n) is 12.2. The van der Waals surface area contributed by atoms with Crippen molar-refractivity contribution in [2.75, 3.05) is 27.3 Å². The highest BCUT2D eigenvalue weighted by molar-refractivity contribution is 14.1. The number of carbonyl (C=O) groups is 4. The van der Waals surface area contributed by atoms with E-state index in [1.807, 2.05) is 61.3 Å². The van der Waals surface area contributed by atoms with Crippen molar-refractivity contribution in [1.82, 2.24) is 40.4 Å². The number of H-pyrrole nitrogens is 2. The standard InChI is InChI=1S/C46H47IN8O7/c1-24(2)38(52-45(58)60-3)43(56)55-22-29(47)19-36(55)41-48-21-34(50-41)27-12-14-30-28(17-27)23-62-37-20-31-26(18-32(30)37)13-15-33-40(31)51-42(49-33)35-11-8-16-54(35)44(57)39(53-46(59)61-4)25-9-6-5-7-10-25/h5-7,9-10,12-15,17-18,20-21,24,29,35-36,38-39H,8,11,16,19,22-23H2,1-4H3,(H,48,50)(H,49,51)(H,52,58)(H,53,59)/t29-,35-,36-,38-,39+/m0/s1. The monoisotopic (exact) mass is 950 g/mol. The Bertz CT molecular complexity index is 2700. The molecule has 15 nitrogen and oxygen atoms in total. The van der Waals surface area contributed by atoms with Crippen LogP contribution in [0.15, 0.2) is 79.0 Å². The Hall–Kier alpha value is -6.17. The molecule has 9 rings (SSSR count). The Morgan fingerprint density at radius 2 is 1.66 bits per heavy atom. The average molecular weight is 951 g/mol. The van der Waals surface area contributed by atoms with E-state index in [9.17, 15) is 19.2 Å². The van der Waals surface area contributed by atoms with Crippen molar-refractivity contribution in [2.24, 2.45) is 5.92 Å². The fourth-order valence-corrected chi connectivity index (χ4v) is 9.95. The maximum atomic E-state index is 14.1. The van der Waals surface area contributed by atoms with E-state index in [2.05, 4.69) is 79.6 Å². The lowest BCUT2D eigenvalue weighted by molar-refractivity contribution is -0.135. The number of hydrogen-bond acceptors (Lipinski definition) is 9. The number of imidazole rings is 2. The zero-order valence-electron chi connectivity index (χ0n) is 34.7. The SMILES string of the molecule is COC(=O)N[C@H](C(=O)N1C[C@@H](I)C[C@H]1c1ncc(-c2ccc3c(c2)COc2cc4c(ccc5[nH]c([C@@H]6CCCN6C(=O)[C@H](NC(=O)OC)c6ccccc6)nc54)cc2-3)[nH]1)C(C)C. The lowest BCUT2D eigenvalue weighted by Gasteiger charge is -2.29. The number of alkyl halides is 1. The summed E-state index contributed by atoms with van der Waals surface area (Å²) in [4.78, 5) is 72.8. The molecule has 0 bridgehead atoms. The summed E-state index contributed by atoms with van der Waals surface area (Å²) < 4.78 is 16.3. The van der Waals surface area contributed by atoms with E-state index < -0.39 is 24.3 Å². The van der Waals surface area contributed by atoms with Crippen LogP contribution in [-0.2, 0) is 25.7 Å². The van der Waals surface area contributed by atoms with Gasteiger partial charge in [-0.05, 0) is 77.1 Å². The second-order valence-electron chi connectivity index (χ2n) is 16.4. The summed E-state index contributed by atoms with van der Waals surface area (Å²) in [6, 6.07) is 21.6. The van der Waals surface area contributed by atoms with Crippen LogP contribution in [0.2, 0.25) is 0 Å². The van der Waals surface area contributed by atoms with Crippen LogP contribution >= 0.6 is 22.6 Å². The van der Waals surface area contributed by atoms with Crippen LogP contribution in [0.3, 0.4) is 0 Å². The fourth-order valence-electron chi connectivity index (χ4n) is 9.04. The maximum Gasteiger partial charge on any atom is 0.407 e. The second-order valence-corrected chi connectivity index (χ2v) is 18.1.